The summed E-state index contributed by atoms with van der Waals surface area (Å²) in [6.45, 7) is 12.6. The standard InChI is InChI=1S/C28H40N4O/c1-23-7-11-25(12-8-23)27(26-13-9-24(2)10-14-26)29-28(33)32-21-19-31(20-22-32)18-6-17-30-15-4-3-5-16-30/h7-14,27H,3-6,15-22H2,1-2H3,(H,29,33). The lowest BCUT2D eigenvalue weighted by Gasteiger charge is -2.36. The van der Waals surface area contributed by atoms with Gasteiger partial charge in [-0.1, -0.05) is 66.1 Å². The number of hydrogen-bond acceptors (Lipinski definition) is 3. The van der Waals surface area contributed by atoms with Gasteiger partial charge in [0.1, 0.15) is 0 Å². The largest absolute Gasteiger partial charge is 0.327 e. The number of amides is 2. The molecule has 0 radical (unpaired) electrons. The van der Waals surface area contributed by atoms with E-state index in [0.717, 1.165) is 43.9 Å². The van der Waals surface area contributed by atoms with Crippen LogP contribution in [-0.2, 0) is 0 Å². The zero-order valence-electron chi connectivity index (χ0n) is 20.4. The fourth-order valence-corrected chi connectivity index (χ4v) is 4.97. The van der Waals surface area contributed by atoms with Crippen LogP contribution < -0.4 is 5.32 Å². The highest BCUT2D eigenvalue weighted by atomic mass is 16.2. The van der Waals surface area contributed by atoms with Gasteiger partial charge in [-0.05, 0) is 70.4 Å². The van der Waals surface area contributed by atoms with Crippen LogP contribution in [0.5, 0.6) is 0 Å². The van der Waals surface area contributed by atoms with E-state index >= 15 is 0 Å². The molecule has 0 spiro atoms. The van der Waals surface area contributed by atoms with Gasteiger partial charge in [-0.25, -0.2) is 4.79 Å². The molecule has 33 heavy (non-hydrogen) atoms. The quantitative estimate of drug-likeness (QED) is 0.673. The second-order valence-corrected chi connectivity index (χ2v) is 9.79. The fourth-order valence-electron chi connectivity index (χ4n) is 4.97. The van der Waals surface area contributed by atoms with Crippen LogP contribution >= 0.6 is 0 Å². The number of nitrogens with zero attached hydrogens (tertiary/aromatic N) is 3. The predicted octanol–water partition coefficient (Wildman–Crippen LogP) is 4.60. The van der Waals surface area contributed by atoms with Crippen LogP contribution in [-0.4, -0.2) is 73.1 Å². The first-order valence-corrected chi connectivity index (χ1v) is 12.7. The Morgan fingerprint density at radius 2 is 1.21 bits per heavy atom. The molecule has 0 saturated carbocycles. The molecule has 2 aliphatic rings. The average molecular weight is 449 g/mol. The normalized spacial score (nSPS) is 18.0. The lowest BCUT2D eigenvalue weighted by Crippen LogP contribution is -2.52. The summed E-state index contributed by atoms with van der Waals surface area (Å²) in [6, 6.07) is 16.9. The number of benzene rings is 2. The van der Waals surface area contributed by atoms with Crippen molar-refractivity contribution in [3.05, 3.63) is 70.8 Å². The van der Waals surface area contributed by atoms with E-state index in [4.69, 9.17) is 0 Å². The van der Waals surface area contributed by atoms with Gasteiger partial charge in [0, 0.05) is 26.2 Å². The second-order valence-electron chi connectivity index (χ2n) is 9.79. The fraction of sp³-hybridized carbons (Fsp3) is 0.536. The Balaban J connectivity index is 1.30. The Morgan fingerprint density at radius 1 is 0.727 bits per heavy atom. The first-order chi connectivity index (χ1) is 16.1. The molecule has 178 valence electrons. The summed E-state index contributed by atoms with van der Waals surface area (Å²) in [5, 5.41) is 3.32. The number of nitrogens with one attached hydrogen (secondary N) is 1. The van der Waals surface area contributed by atoms with Crippen molar-refractivity contribution in [3.8, 4) is 0 Å². The van der Waals surface area contributed by atoms with Crippen LogP contribution in [0.25, 0.3) is 0 Å². The van der Waals surface area contributed by atoms with Gasteiger partial charge in [0.2, 0.25) is 0 Å². The van der Waals surface area contributed by atoms with E-state index in [0.29, 0.717) is 0 Å². The Hall–Kier alpha value is -2.37. The van der Waals surface area contributed by atoms with Crippen LogP contribution in [0.2, 0.25) is 0 Å². The van der Waals surface area contributed by atoms with Crippen molar-refractivity contribution in [2.45, 2.75) is 45.6 Å². The van der Waals surface area contributed by atoms with E-state index in [1.807, 2.05) is 4.90 Å². The monoisotopic (exact) mass is 448 g/mol. The van der Waals surface area contributed by atoms with Crippen molar-refractivity contribution in [2.75, 3.05) is 52.4 Å². The van der Waals surface area contributed by atoms with Crippen molar-refractivity contribution < 1.29 is 4.79 Å². The van der Waals surface area contributed by atoms with E-state index in [9.17, 15) is 4.79 Å². The predicted molar refractivity (Wildman–Crippen MR) is 136 cm³/mol. The van der Waals surface area contributed by atoms with Crippen molar-refractivity contribution in [1.82, 2.24) is 20.0 Å². The van der Waals surface area contributed by atoms with Crippen LogP contribution in [0.1, 0.15) is 54.0 Å². The van der Waals surface area contributed by atoms with Crippen molar-refractivity contribution in [3.63, 3.8) is 0 Å². The molecule has 2 aromatic carbocycles. The Kier molecular flexibility index (Phi) is 8.40. The molecule has 1 N–H and O–H groups in total. The molecule has 2 fully saturated rings. The van der Waals surface area contributed by atoms with E-state index in [-0.39, 0.29) is 12.1 Å². The molecular formula is C28H40N4O. The number of carbonyl (C=O) groups excluding carboxylic acids is 1. The number of likely N-dealkylation sites (tertiary alicyclic amines) is 1. The summed E-state index contributed by atoms with van der Waals surface area (Å²) in [6.07, 6.45) is 5.35. The van der Waals surface area contributed by atoms with Crippen molar-refractivity contribution in [2.24, 2.45) is 0 Å². The molecule has 4 rings (SSSR count). The van der Waals surface area contributed by atoms with Crippen LogP contribution in [0.4, 0.5) is 4.79 Å². The first kappa shape index (κ1) is 23.8. The van der Waals surface area contributed by atoms with Crippen LogP contribution in [0, 0.1) is 13.8 Å². The molecule has 0 atom stereocenters. The Morgan fingerprint density at radius 3 is 1.73 bits per heavy atom. The molecule has 2 aromatic rings. The third-order valence-corrected chi connectivity index (χ3v) is 7.15. The lowest BCUT2D eigenvalue weighted by atomic mass is 9.97. The van der Waals surface area contributed by atoms with E-state index < -0.39 is 0 Å². The van der Waals surface area contributed by atoms with E-state index in [1.165, 1.54) is 56.4 Å². The number of carbonyl (C=O) groups is 1. The zero-order chi connectivity index (χ0) is 23.0. The highest BCUT2D eigenvalue weighted by molar-refractivity contribution is 5.75. The summed E-state index contributed by atoms with van der Waals surface area (Å²) >= 11 is 0. The maximum atomic E-state index is 13.2. The molecular weight excluding hydrogens is 408 g/mol. The van der Waals surface area contributed by atoms with Gasteiger partial charge in [-0.2, -0.15) is 0 Å². The Labute approximate surface area is 199 Å². The summed E-state index contributed by atoms with van der Waals surface area (Å²) in [5.41, 5.74) is 4.69. The maximum absolute atomic E-state index is 13.2. The molecule has 2 aliphatic heterocycles. The van der Waals surface area contributed by atoms with Crippen LogP contribution in [0.15, 0.2) is 48.5 Å². The van der Waals surface area contributed by atoms with Gasteiger partial charge in [-0.3, -0.25) is 4.90 Å². The zero-order valence-corrected chi connectivity index (χ0v) is 20.4. The third kappa shape index (κ3) is 6.81. The molecule has 0 aromatic heterocycles. The number of urea groups is 1. The van der Waals surface area contributed by atoms with Gasteiger partial charge < -0.3 is 15.1 Å². The SMILES string of the molecule is Cc1ccc(C(NC(=O)N2CCN(CCCN3CCCCC3)CC2)c2ccc(C)cc2)cc1. The number of piperidine rings is 1. The van der Waals surface area contributed by atoms with Crippen molar-refractivity contribution in [1.29, 1.82) is 0 Å². The summed E-state index contributed by atoms with van der Waals surface area (Å²) in [7, 11) is 0. The summed E-state index contributed by atoms with van der Waals surface area (Å²) < 4.78 is 0. The molecule has 5 nitrogen and oxygen atoms in total. The van der Waals surface area contributed by atoms with Gasteiger partial charge in [0.05, 0.1) is 6.04 Å². The minimum Gasteiger partial charge on any atom is -0.327 e. The first-order valence-electron chi connectivity index (χ1n) is 12.7. The lowest BCUT2D eigenvalue weighted by molar-refractivity contribution is 0.131. The molecule has 0 aliphatic carbocycles. The average Bonchev–Trinajstić information content (AvgIpc) is 2.85. The topological polar surface area (TPSA) is 38.8 Å². The third-order valence-electron chi connectivity index (χ3n) is 7.15. The minimum atomic E-state index is -0.138. The molecule has 2 amide bonds. The maximum Gasteiger partial charge on any atom is 0.318 e. The highest BCUT2D eigenvalue weighted by Crippen LogP contribution is 2.23. The number of hydrogen-bond donors (Lipinski definition) is 1. The second kappa shape index (κ2) is 11.7. The van der Waals surface area contributed by atoms with Gasteiger partial charge >= 0.3 is 6.03 Å². The molecule has 2 saturated heterocycles. The molecule has 5 heteroatoms. The van der Waals surface area contributed by atoms with Gasteiger partial charge in [0.25, 0.3) is 0 Å². The van der Waals surface area contributed by atoms with Crippen molar-refractivity contribution >= 4 is 6.03 Å². The minimum absolute atomic E-state index is 0.0362. The number of aryl methyl sites for hydroxylation is 2. The summed E-state index contributed by atoms with van der Waals surface area (Å²) in [5.74, 6) is 0. The molecule has 0 bridgehead atoms. The number of piperazine rings is 1. The Bertz CT molecular complexity index is 820. The summed E-state index contributed by atoms with van der Waals surface area (Å²) in [4.78, 5) is 20.3. The molecule has 2 heterocycles. The van der Waals surface area contributed by atoms with Gasteiger partial charge in [0.15, 0.2) is 0 Å². The number of rotatable bonds is 7. The highest BCUT2D eigenvalue weighted by Gasteiger charge is 2.24. The van der Waals surface area contributed by atoms with E-state index in [2.05, 4.69) is 77.5 Å². The molecule has 0 unspecified atom stereocenters. The smallest absolute Gasteiger partial charge is 0.318 e. The van der Waals surface area contributed by atoms with Gasteiger partial charge in [-0.15, -0.1) is 0 Å². The van der Waals surface area contributed by atoms with Crippen LogP contribution in [0.3, 0.4) is 0 Å². The van der Waals surface area contributed by atoms with E-state index in [1.54, 1.807) is 0 Å².